The number of carbonyl (C=O) groups excluding carboxylic acids is 2. The van der Waals surface area contributed by atoms with Gasteiger partial charge in [0.25, 0.3) is 0 Å². The van der Waals surface area contributed by atoms with E-state index in [0.717, 1.165) is 12.7 Å². The molecule has 9 heavy (non-hydrogen) atoms. The maximum Gasteiger partial charge on any atom is 0.223 e. The molecule has 0 heterocycles. The van der Waals surface area contributed by atoms with Crippen molar-refractivity contribution >= 4 is 12.2 Å². The molecule has 0 spiro atoms. The second kappa shape index (κ2) is 2.17. The number of hydrogen-bond acceptors (Lipinski definition) is 2. The molecule has 3 nitrogen and oxygen atoms in total. The Balaban J connectivity index is 2.33. The van der Waals surface area contributed by atoms with E-state index in [9.17, 15) is 9.59 Å². The number of rotatable bonds is 2. The molecule has 1 aliphatic carbocycles. The van der Waals surface area contributed by atoms with Gasteiger partial charge in [0.1, 0.15) is 6.29 Å². The molecular formula is C6H9NO2. The van der Waals surface area contributed by atoms with Crippen LogP contribution in [0.15, 0.2) is 0 Å². The summed E-state index contributed by atoms with van der Waals surface area (Å²) >= 11 is 0. The molecule has 1 unspecified atom stereocenters. The van der Waals surface area contributed by atoms with Crippen molar-refractivity contribution in [3.63, 3.8) is 0 Å². The van der Waals surface area contributed by atoms with E-state index in [1.807, 2.05) is 0 Å². The van der Waals surface area contributed by atoms with Crippen molar-refractivity contribution in [2.45, 2.75) is 6.42 Å². The van der Waals surface area contributed by atoms with Crippen molar-refractivity contribution in [2.24, 2.45) is 11.8 Å². The molecule has 1 N–H and O–H groups in total. The van der Waals surface area contributed by atoms with Gasteiger partial charge in [0.05, 0.1) is 0 Å². The smallest absolute Gasteiger partial charge is 0.223 e. The van der Waals surface area contributed by atoms with Gasteiger partial charge in [-0.05, 0) is 6.42 Å². The summed E-state index contributed by atoms with van der Waals surface area (Å²) in [7, 11) is 1.59. The van der Waals surface area contributed by atoms with Gasteiger partial charge in [-0.2, -0.15) is 0 Å². The van der Waals surface area contributed by atoms with Gasteiger partial charge in [-0.15, -0.1) is 0 Å². The van der Waals surface area contributed by atoms with Crippen LogP contribution in [0.1, 0.15) is 6.42 Å². The molecule has 0 aromatic carbocycles. The highest BCUT2D eigenvalue weighted by atomic mass is 16.2. The Morgan fingerprint density at radius 2 is 2.44 bits per heavy atom. The van der Waals surface area contributed by atoms with Crippen LogP contribution in [-0.2, 0) is 9.59 Å². The van der Waals surface area contributed by atoms with E-state index >= 15 is 0 Å². The lowest BCUT2D eigenvalue weighted by molar-refractivity contribution is -0.123. The van der Waals surface area contributed by atoms with Crippen LogP contribution in [0.5, 0.6) is 0 Å². The zero-order valence-corrected chi connectivity index (χ0v) is 5.26. The Morgan fingerprint density at radius 3 is 2.78 bits per heavy atom. The van der Waals surface area contributed by atoms with Crippen molar-refractivity contribution < 1.29 is 9.59 Å². The zero-order chi connectivity index (χ0) is 6.85. The maximum atomic E-state index is 10.7. The van der Waals surface area contributed by atoms with Crippen molar-refractivity contribution in [1.82, 2.24) is 5.32 Å². The molecule has 0 aromatic rings. The van der Waals surface area contributed by atoms with E-state index in [1.165, 1.54) is 0 Å². The van der Waals surface area contributed by atoms with E-state index in [2.05, 4.69) is 5.32 Å². The fraction of sp³-hybridized carbons (Fsp3) is 0.667. The highest BCUT2D eigenvalue weighted by Gasteiger charge is 2.42. The molecule has 1 saturated carbocycles. The van der Waals surface area contributed by atoms with Gasteiger partial charge >= 0.3 is 0 Å². The number of aldehydes is 1. The van der Waals surface area contributed by atoms with Crippen molar-refractivity contribution in [1.29, 1.82) is 0 Å². The fourth-order valence-corrected chi connectivity index (χ4v) is 0.852. The van der Waals surface area contributed by atoms with Crippen LogP contribution in [-0.4, -0.2) is 19.2 Å². The SMILES string of the molecule is CNC(=O)C1C[C@@H]1C=O. The number of amides is 1. The Labute approximate surface area is 53.4 Å². The van der Waals surface area contributed by atoms with E-state index < -0.39 is 0 Å². The van der Waals surface area contributed by atoms with E-state index in [-0.39, 0.29) is 17.7 Å². The van der Waals surface area contributed by atoms with E-state index in [0.29, 0.717) is 0 Å². The number of nitrogens with one attached hydrogen (secondary N) is 1. The number of carbonyl (C=O) groups is 2. The molecule has 1 aliphatic rings. The molecule has 0 radical (unpaired) electrons. The minimum Gasteiger partial charge on any atom is -0.359 e. The number of hydrogen-bond donors (Lipinski definition) is 1. The first kappa shape index (κ1) is 6.26. The molecule has 50 valence electrons. The molecule has 2 atom stereocenters. The highest BCUT2D eigenvalue weighted by molar-refractivity contribution is 5.85. The van der Waals surface area contributed by atoms with Gasteiger partial charge in [0, 0.05) is 18.9 Å². The molecule has 1 rings (SSSR count). The summed E-state index contributed by atoms with van der Waals surface area (Å²) in [6.07, 6.45) is 1.59. The van der Waals surface area contributed by atoms with Crippen molar-refractivity contribution in [2.75, 3.05) is 7.05 Å². The van der Waals surface area contributed by atoms with Gasteiger partial charge in [-0.25, -0.2) is 0 Å². The second-order valence-electron chi connectivity index (χ2n) is 2.26. The first-order valence-electron chi connectivity index (χ1n) is 2.96. The van der Waals surface area contributed by atoms with Crippen molar-refractivity contribution in [3.05, 3.63) is 0 Å². The van der Waals surface area contributed by atoms with E-state index in [1.54, 1.807) is 7.05 Å². The Morgan fingerprint density at radius 1 is 1.78 bits per heavy atom. The standard InChI is InChI=1S/C6H9NO2/c1-7-6(9)5-2-4(5)3-8/h3-5H,2H2,1H3,(H,7,9)/t4-,5?/m1/s1. The third-order valence-corrected chi connectivity index (χ3v) is 1.60. The lowest BCUT2D eigenvalue weighted by Crippen LogP contribution is -2.20. The largest absolute Gasteiger partial charge is 0.359 e. The molecular weight excluding hydrogens is 118 g/mol. The van der Waals surface area contributed by atoms with Gasteiger partial charge < -0.3 is 10.1 Å². The summed E-state index contributed by atoms with van der Waals surface area (Å²) in [5, 5.41) is 2.49. The molecule has 0 aromatic heterocycles. The summed E-state index contributed by atoms with van der Waals surface area (Å²) < 4.78 is 0. The topological polar surface area (TPSA) is 46.2 Å². The van der Waals surface area contributed by atoms with Crippen LogP contribution >= 0.6 is 0 Å². The average Bonchev–Trinajstić information content (AvgIpc) is 2.64. The summed E-state index contributed by atoms with van der Waals surface area (Å²) in [6.45, 7) is 0. The van der Waals surface area contributed by atoms with Gasteiger partial charge in [-0.1, -0.05) is 0 Å². The Hall–Kier alpha value is -0.860. The molecule has 1 amide bonds. The first-order valence-corrected chi connectivity index (χ1v) is 2.96. The van der Waals surface area contributed by atoms with Gasteiger partial charge in [-0.3, -0.25) is 4.79 Å². The molecule has 0 aliphatic heterocycles. The third-order valence-electron chi connectivity index (χ3n) is 1.60. The quantitative estimate of drug-likeness (QED) is 0.511. The Kier molecular flexibility index (Phi) is 1.51. The van der Waals surface area contributed by atoms with Crippen LogP contribution in [0.4, 0.5) is 0 Å². The molecule has 3 heteroatoms. The Bertz CT molecular complexity index is 144. The lowest BCUT2D eigenvalue weighted by Gasteiger charge is -1.91. The summed E-state index contributed by atoms with van der Waals surface area (Å²) in [5.74, 6) is -0.0236. The average molecular weight is 127 g/mol. The van der Waals surface area contributed by atoms with Crippen LogP contribution < -0.4 is 5.32 Å². The minimum absolute atomic E-state index is 0.00458. The van der Waals surface area contributed by atoms with Crippen molar-refractivity contribution in [3.8, 4) is 0 Å². The maximum absolute atomic E-state index is 10.7. The third kappa shape index (κ3) is 1.09. The minimum atomic E-state index is -0.0208. The summed E-state index contributed by atoms with van der Waals surface area (Å²) in [6, 6.07) is 0. The monoisotopic (exact) mass is 127 g/mol. The molecule has 1 fully saturated rings. The molecule has 0 bridgehead atoms. The fourth-order valence-electron chi connectivity index (χ4n) is 0.852. The summed E-state index contributed by atoms with van der Waals surface area (Å²) in [5.41, 5.74) is 0. The zero-order valence-electron chi connectivity index (χ0n) is 5.26. The predicted octanol–water partition coefficient (Wildman–Crippen LogP) is -0.433. The van der Waals surface area contributed by atoms with Crippen LogP contribution in [0.25, 0.3) is 0 Å². The molecule has 0 saturated heterocycles. The lowest BCUT2D eigenvalue weighted by atomic mass is 10.3. The van der Waals surface area contributed by atoms with E-state index in [4.69, 9.17) is 0 Å². The van der Waals surface area contributed by atoms with Crippen LogP contribution in [0.3, 0.4) is 0 Å². The predicted molar refractivity (Wildman–Crippen MR) is 31.7 cm³/mol. The first-order chi connectivity index (χ1) is 4.29. The normalized spacial score (nSPS) is 31.2. The highest BCUT2D eigenvalue weighted by Crippen LogP contribution is 2.36. The summed E-state index contributed by atoms with van der Waals surface area (Å²) in [4.78, 5) is 20.7. The van der Waals surface area contributed by atoms with Gasteiger partial charge in [0.15, 0.2) is 0 Å². The van der Waals surface area contributed by atoms with Gasteiger partial charge in [0.2, 0.25) is 5.91 Å². The van der Waals surface area contributed by atoms with Crippen LogP contribution in [0, 0.1) is 11.8 Å². The van der Waals surface area contributed by atoms with Crippen LogP contribution in [0.2, 0.25) is 0 Å². The second-order valence-corrected chi connectivity index (χ2v) is 2.26.